The first kappa shape index (κ1) is 17.2. The molecule has 1 fully saturated rings. The third-order valence-electron chi connectivity index (χ3n) is 4.65. The molecule has 2 atom stereocenters. The number of nitrogens with one attached hydrogen (secondary N) is 1. The van der Waals surface area contributed by atoms with Crippen molar-refractivity contribution < 1.29 is 14.3 Å². The number of carbonyl (C=O) groups is 1. The Hall–Kier alpha value is -3.19. The van der Waals surface area contributed by atoms with Gasteiger partial charge in [0.15, 0.2) is 5.11 Å². The monoisotopic (exact) mass is 379 g/mol. The van der Waals surface area contributed by atoms with Crippen LogP contribution >= 0.6 is 12.2 Å². The van der Waals surface area contributed by atoms with Crippen molar-refractivity contribution in [2.24, 2.45) is 0 Å². The molecule has 0 spiro atoms. The second-order valence-electron chi connectivity index (χ2n) is 6.33. The number of carboxylic acids is 1. The van der Waals surface area contributed by atoms with Crippen LogP contribution in [0.15, 0.2) is 65.2 Å². The lowest BCUT2D eigenvalue weighted by Crippen LogP contribution is -2.24. The summed E-state index contributed by atoms with van der Waals surface area (Å²) in [5.74, 6) is 0.374. The summed E-state index contributed by atoms with van der Waals surface area (Å²) in [7, 11) is 1.91. The van der Waals surface area contributed by atoms with Crippen molar-refractivity contribution in [2.45, 2.75) is 12.1 Å². The van der Waals surface area contributed by atoms with Gasteiger partial charge < -0.3 is 19.7 Å². The fourth-order valence-corrected chi connectivity index (χ4v) is 3.53. The van der Waals surface area contributed by atoms with E-state index in [9.17, 15) is 9.90 Å². The molecule has 0 aliphatic carbocycles. The van der Waals surface area contributed by atoms with Gasteiger partial charge in [-0.25, -0.2) is 4.79 Å². The maximum Gasteiger partial charge on any atom is 0.335 e. The number of aromatic carboxylic acids is 1. The van der Waals surface area contributed by atoms with Crippen molar-refractivity contribution in [2.75, 3.05) is 7.05 Å². The Morgan fingerprint density at radius 3 is 2.81 bits per heavy atom. The average Bonchev–Trinajstić information content (AvgIpc) is 3.28. The number of pyridine rings is 1. The van der Waals surface area contributed by atoms with Crippen molar-refractivity contribution in [3.63, 3.8) is 0 Å². The van der Waals surface area contributed by atoms with Crippen molar-refractivity contribution in [3.8, 4) is 11.3 Å². The molecule has 0 saturated carbocycles. The second kappa shape index (κ2) is 6.85. The van der Waals surface area contributed by atoms with Crippen LogP contribution in [-0.2, 0) is 0 Å². The molecule has 0 amide bonds. The molecular weight excluding hydrogens is 362 g/mol. The highest BCUT2D eigenvalue weighted by Crippen LogP contribution is 2.39. The van der Waals surface area contributed by atoms with Crippen LogP contribution in [0.3, 0.4) is 0 Å². The van der Waals surface area contributed by atoms with E-state index in [1.54, 1.807) is 24.4 Å². The Kier molecular flexibility index (Phi) is 4.37. The van der Waals surface area contributed by atoms with Gasteiger partial charge in [-0.15, -0.1) is 0 Å². The lowest BCUT2D eigenvalue weighted by Gasteiger charge is -2.21. The predicted octanol–water partition coefficient (Wildman–Crippen LogP) is 3.64. The Balaban J connectivity index is 1.70. The maximum absolute atomic E-state index is 11.2. The molecule has 4 rings (SSSR count). The van der Waals surface area contributed by atoms with Gasteiger partial charge >= 0.3 is 5.97 Å². The second-order valence-corrected chi connectivity index (χ2v) is 6.71. The molecule has 2 N–H and O–H groups in total. The van der Waals surface area contributed by atoms with Crippen molar-refractivity contribution in [1.82, 2.24) is 15.2 Å². The minimum absolute atomic E-state index is 0.131. The molecule has 2 unspecified atom stereocenters. The summed E-state index contributed by atoms with van der Waals surface area (Å²) in [5.41, 5.74) is 1.81. The molecule has 1 aromatic carbocycles. The molecule has 0 radical (unpaired) electrons. The van der Waals surface area contributed by atoms with E-state index in [0.29, 0.717) is 16.4 Å². The van der Waals surface area contributed by atoms with E-state index in [2.05, 4.69) is 10.3 Å². The Morgan fingerprint density at radius 1 is 1.22 bits per heavy atom. The van der Waals surface area contributed by atoms with E-state index in [1.165, 1.54) is 0 Å². The number of nitrogens with zero attached hydrogens (tertiary/aromatic N) is 2. The molecule has 27 heavy (non-hydrogen) atoms. The van der Waals surface area contributed by atoms with E-state index >= 15 is 0 Å². The number of benzene rings is 1. The normalized spacial score (nSPS) is 19.1. The fourth-order valence-electron chi connectivity index (χ4n) is 3.29. The molecule has 1 aliphatic heterocycles. The highest BCUT2D eigenvalue weighted by atomic mass is 32.1. The molecular formula is C20H17N3O3S. The number of carboxylic acid groups (broad SMARTS) is 1. The molecule has 0 bridgehead atoms. The predicted molar refractivity (Wildman–Crippen MR) is 104 cm³/mol. The van der Waals surface area contributed by atoms with Gasteiger partial charge in [0.2, 0.25) is 0 Å². The first-order valence-electron chi connectivity index (χ1n) is 8.42. The van der Waals surface area contributed by atoms with E-state index in [-0.39, 0.29) is 17.6 Å². The minimum Gasteiger partial charge on any atom is -0.478 e. The largest absolute Gasteiger partial charge is 0.478 e. The average molecular weight is 379 g/mol. The van der Waals surface area contributed by atoms with Crippen LogP contribution in [0.25, 0.3) is 11.3 Å². The summed E-state index contributed by atoms with van der Waals surface area (Å²) in [5, 5.41) is 13.1. The first-order valence-corrected chi connectivity index (χ1v) is 8.83. The van der Waals surface area contributed by atoms with E-state index in [1.807, 2.05) is 48.3 Å². The topological polar surface area (TPSA) is 78.6 Å². The molecule has 136 valence electrons. The van der Waals surface area contributed by atoms with Crippen LogP contribution in [0.2, 0.25) is 0 Å². The highest BCUT2D eigenvalue weighted by molar-refractivity contribution is 7.80. The van der Waals surface area contributed by atoms with E-state index in [4.69, 9.17) is 16.6 Å². The molecule has 3 heterocycles. The van der Waals surface area contributed by atoms with Gasteiger partial charge in [-0.05, 0) is 48.6 Å². The lowest BCUT2D eigenvalue weighted by atomic mass is 10.0. The van der Waals surface area contributed by atoms with E-state index in [0.717, 1.165) is 11.5 Å². The summed E-state index contributed by atoms with van der Waals surface area (Å²) >= 11 is 5.42. The van der Waals surface area contributed by atoms with Gasteiger partial charge in [0.1, 0.15) is 17.6 Å². The minimum atomic E-state index is -0.969. The number of aromatic nitrogens is 1. The Morgan fingerprint density at radius 2 is 2.07 bits per heavy atom. The highest BCUT2D eigenvalue weighted by Gasteiger charge is 2.39. The number of thiocarbonyl (C=S) groups is 1. The number of likely N-dealkylation sites (N-methyl/N-ethyl adjacent to an activating group) is 1. The van der Waals surface area contributed by atoms with Gasteiger partial charge in [-0.1, -0.05) is 18.2 Å². The van der Waals surface area contributed by atoms with Gasteiger partial charge in [0.25, 0.3) is 0 Å². The molecule has 3 aromatic rings. The fraction of sp³-hybridized carbons (Fsp3) is 0.150. The van der Waals surface area contributed by atoms with Crippen LogP contribution in [0, 0.1) is 0 Å². The smallest absolute Gasteiger partial charge is 0.335 e. The van der Waals surface area contributed by atoms with Gasteiger partial charge in [-0.3, -0.25) is 4.98 Å². The summed E-state index contributed by atoms with van der Waals surface area (Å²) in [6, 6.07) is 15.9. The molecule has 7 heteroatoms. The van der Waals surface area contributed by atoms with Crippen LogP contribution in [-0.4, -0.2) is 33.1 Å². The SMILES string of the molecule is CN1C(=S)NC(c2ccccn2)C1c1ccc(-c2cccc(C(=O)O)c2)o1. The Bertz CT molecular complexity index is 1000. The Labute approximate surface area is 161 Å². The summed E-state index contributed by atoms with van der Waals surface area (Å²) in [6.45, 7) is 0. The summed E-state index contributed by atoms with van der Waals surface area (Å²) in [4.78, 5) is 17.6. The number of furan rings is 1. The molecule has 2 aromatic heterocycles. The van der Waals surface area contributed by atoms with Crippen LogP contribution in [0.4, 0.5) is 0 Å². The van der Waals surface area contributed by atoms with Gasteiger partial charge in [0.05, 0.1) is 17.3 Å². The van der Waals surface area contributed by atoms with Crippen LogP contribution < -0.4 is 5.32 Å². The standard InChI is InChI=1S/C20H17N3O3S/c1-23-18(17(22-20(23)27)14-7-2-3-10-21-14)16-9-8-15(26-16)12-5-4-6-13(11-12)19(24)25/h2-11,17-18H,1H3,(H,22,27)(H,24,25). The van der Waals surface area contributed by atoms with E-state index < -0.39 is 5.97 Å². The quantitative estimate of drug-likeness (QED) is 0.670. The third-order valence-corrected chi connectivity index (χ3v) is 5.06. The number of hydrogen-bond acceptors (Lipinski definition) is 4. The molecule has 1 saturated heterocycles. The lowest BCUT2D eigenvalue weighted by molar-refractivity contribution is 0.0697. The molecule has 1 aliphatic rings. The summed E-state index contributed by atoms with van der Waals surface area (Å²) < 4.78 is 6.10. The third kappa shape index (κ3) is 3.17. The van der Waals surface area contributed by atoms with Crippen LogP contribution in [0.1, 0.15) is 33.9 Å². The van der Waals surface area contributed by atoms with Crippen molar-refractivity contribution >= 4 is 23.3 Å². The van der Waals surface area contributed by atoms with Crippen molar-refractivity contribution in [3.05, 3.63) is 77.8 Å². The zero-order valence-corrected chi connectivity index (χ0v) is 15.3. The zero-order valence-electron chi connectivity index (χ0n) is 14.5. The van der Waals surface area contributed by atoms with Gasteiger partial charge in [0, 0.05) is 18.8 Å². The zero-order chi connectivity index (χ0) is 19.0. The van der Waals surface area contributed by atoms with Crippen molar-refractivity contribution in [1.29, 1.82) is 0 Å². The number of hydrogen-bond donors (Lipinski definition) is 2. The summed E-state index contributed by atoms with van der Waals surface area (Å²) in [6.07, 6.45) is 1.75. The first-order chi connectivity index (χ1) is 13.0. The molecule has 6 nitrogen and oxygen atoms in total. The maximum atomic E-state index is 11.2. The van der Waals surface area contributed by atoms with Crippen LogP contribution in [0.5, 0.6) is 0 Å². The van der Waals surface area contributed by atoms with Gasteiger partial charge in [-0.2, -0.15) is 0 Å². The number of rotatable bonds is 4.